The van der Waals surface area contributed by atoms with Crippen molar-refractivity contribution in [3.8, 4) is 0 Å². The lowest BCUT2D eigenvalue weighted by Gasteiger charge is -2.53. The first-order valence-electron chi connectivity index (χ1n) is 7.30. The summed E-state index contributed by atoms with van der Waals surface area (Å²) in [7, 11) is 0. The zero-order chi connectivity index (χ0) is 14.8. The quantitative estimate of drug-likeness (QED) is 0.851. The summed E-state index contributed by atoms with van der Waals surface area (Å²) in [4.78, 5) is 0. The summed E-state index contributed by atoms with van der Waals surface area (Å²) in [6, 6.07) is 5.32. The van der Waals surface area contributed by atoms with Gasteiger partial charge in [-0.05, 0) is 37.5 Å². The monoisotopic (exact) mass is 299 g/mol. The summed E-state index contributed by atoms with van der Waals surface area (Å²) < 4.78 is 18.9. The van der Waals surface area contributed by atoms with Gasteiger partial charge in [0.1, 0.15) is 5.82 Å². The van der Waals surface area contributed by atoms with Gasteiger partial charge in [0.2, 0.25) is 0 Å². The molecular formula is C16H23ClFNO. The molecule has 0 amide bonds. The van der Waals surface area contributed by atoms with Crippen LogP contribution in [0.2, 0.25) is 5.02 Å². The van der Waals surface area contributed by atoms with Crippen LogP contribution in [0, 0.1) is 11.2 Å². The molecule has 112 valence electrons. The van der Waals surface area contributed by atoms with E-state index in [1.165, 1.54) is 6.07 Å². The van der Waals surface area contributed by atoms with Crippen molar-refractivity contribution in [2.75, 3.05) is 6.61 Å². The lowest BCUT2D eigenvalue weighted by molar-refractivity contribution is -0.126. The minimum absolute atomic E-state index is 0.180. The third-order valence-electron chi connectivity index (χ3n) is 4.65. The lowest BCUT2D eigenvalue weighted by atomic mass is 9.61. The average molecular weight is 300 g/mol. The molecule has 0 radical (unpaired) electrons. The van der Waals surface area contributed by atoms with Crippen LogP contribution in [-0.2, 0) is 11.3 Å². The van der Waals surface area contributed by atoms with E-state index < -0.39 is 0 Å². The van der Waals surface area contributed by atoms with E-state index in [9.17, 15) is 4.39 Å². The van der Waals surface area contributed by atoms with Gasteiger partial charge in [0.25, 0.3) is 0 Å². The molecule has 1 fully saturated rings. The van der Waals surface area contributed by atoms with Crippen LogP contribution in [-0.4, -0.2) is 18.8 Å². The van der Waals surface area contributed by atoms with Crippen molar-refractivity contribution in [2.24, 2.45) is 5.41 Å². The summed E-state index contributed by atoms with van der Waals surface area (Å²) >= 11 is 5.80. The van der Waals surface area contributed by atoms with Crippen molar-refractivity contribution >= 4 is 11.6 Å². The molecule has 1 aromatic carbocycles. The Balaban J connectivity index is 1.93. The molecule has 0 aromatic heterocycles. The van der Waals surface area contributed by atoms with E-state index >= 15 is 0 Å². The van der Waals surface area contributed by atoms with Crippen LogP contribution in [0.5, 0.6) is 0 Å². The standard InChI is InChI=1S/C16H23ClFNO/c1-4-16(3)14(9-15(16)20-5-2)19-10-11-6-7-13(18)12(17)8-11/h6-8,14-15,19H,4-5,9-10H2,1-3H3. The molecule has 20 heavy (non-hydrogen) atoms. The van der Waals surface area contributed by atoms with E-state index in [1.807, 2.05) is 6.92 Å². The lowest BCUT2D eigenvalue weighted by Crippen LogP contribution is -2.61. The maximum Gasteiger partial charge on any atom is 0.141 e. The van der Waals surface area contributed by atoms with Crippen molar-refractivity contribution in [2.45, 2.75) is 52.3 Å². The number of halogens is 2. The highest BCUT2D eigenvalue weighted by Gasteiger charge is 2.50. The molecule has 2 nitrogen and oxygen atoms in total. The molecule has 2 rings (SSSR count). The third kappa shape index (κ3) is 3.00. The molecule has 0 aliphatic heterocycles. The van der Waals surface area contributed by atoms with Crippen LogP contribution in [0.4, 0.5) is 4.39 Å². The smallest absolute Gasteiger partial charge is 0.141 e. The summed E-state index contributed by atoms with van der Waals surface area (Å²) in [6.07, 6.45) is 2.46. The van der Waals surface area contributed by atoms with Crippen molar-refractivity contribution < 1.29 is 9.13 Å². The highest BCUT2D eigenvalue weighted by atomic mass is 35.5. The van der Waals surface area contributed by atoms with Gasteiger partial charge in [0.15, 0.2) is 0 Å². The fraction of sp³-hybridized carbons (Fsp3) is 0.625. The molecule has 4 heteroatoms. The van der Waals surface area contributed by atoms with Gasteiger partial charge in [-0.1, -0.05) is 31.5 Å². The van der Waals surface area contributed by atoms with Crippen molar-refractivity contribution in [1.29, 1.82) is 0 Å². The number of benzene rings is 1. The Hall–Kier alpha value is -0.640. The Morgan fingerprint density at radius 2 is 2.20 bits per heavy atom. The fourth-order valence-electron chi connectivity index (χ4n) is 2.96. The average Bonchev–Trinajstić information content (AvgIpc) is 2.44. The minimum Gasteiger partial charge on any atom is -0.378 e. The Labute approximate surface area is 125 Å². The molecular weight excluding hydrogens is 277 g/mol. The van der Waals surface area contributed by atoms with Gasteiger partial charge in [0.05, 0.1) is 11.1 Å². The van der Waals surface area contributed by atoms with Gasteiger partial charge in [-0.2, -0.15) is 0 Å². The van der Waals surface area contributed by atoms with E-state index in [0.29, 0.717) is 18.7 Å². The van der Waals surface area contributed by atoms with Gasteiger partial charge in [-0.25, -0.2) is 4.39 Å². The Morgan fingerprint density at radius 1 is 1.45 bits per heavy atom. The maximum atomic E-state index is 13.1. The Kier molecular flexibility index (Phi) is 5.05. The van der Waals surface area contributed by atoms with E-state index in [2.05, 4.69) is 19.2 Å². The first-order chi connectivity index (χ1) is 9.51. The molecule has 1 aliphatic carbocycles. The molecule has 0 saturated heterocycles. The van der Waals surface area contributed by atoms with Crippen LogP contribution in [0.1, 0.15) is 39.2 Å². The van der Waals surface area contributed by atoms with Crippen LogP contribution >= 0.6 is 11.6 Å². The van der Waals surface area contributed by atoms with E-state index in [1.54, 1.807) is 12.1 Å². The van der Waals surface area contributed by atoms with Gasteiger partial charge in [-0.3, -0.25) is 0 Å². The Morgan fingerprint density at radius 3 is 2.80 bits per heavy atom. The topological polar surface area (TPSA) is 21.3 Å². The maximum absolute atomic E-state index is 13.1. The van der Waals surface area contributed by atoms with Crippen LogP contribution in [0.25, 0.3) is 0 Å². The van der Waals surface area contributed by atoms with Crippen LogP contribution in [0.15, 0.2) is 18.2 Å². The highest BCUT2D eigenvalue weighted by molar-refractivity contribution is 6.30. The molecule has 0 spiro atoms. The number of hydrogen-bond acceptors (Lipinski definition) is 2. The van der Waals surface area contributed by atoms with Crippen molar-refractivity contribution in [1.82, 2.24) is 5.32 Å². The summed E-state index contributed by atoms with van der Waals surface area (Å²) in [5.74, 6) is -0.367. The zero-order valence-electron chi connectivity index (χ0n) is 12.4. The minimum atomic E-state index is -0.367. The molecule has 1 aliphatic rings. The molecule has 0 bridgehead atoms. The molecule has 1 aromatic rings. The predicted molar refractivity (Wildman–Crippen MR) is 80.5 cm³/mol. The van der Waals surface area contributed by atoms with Crippen molar-refractivity contribution in [3.63, 3.8) is 0 Å². The first-order valence-corrected chi connectivity index (χ1v) is 7.68. The van der Waals surface area contributed by atoms with Crippen LogP contribution in [0.3, 0.4) is 0 Å². The largest absolute Gasteiger partial charge is 0.378 e. The van der Waals surface area contributed by atoms with Crippen LogP contribution < -0.4 is 5.32 Å². The second-order valence-electron chi connectivity index (χ2n) is 5.72. The van der Waals surface area contributed by atoms with Gasteiger partial charge < -0.3 is 10.1 Å². The second kappa shape index (κ2) is 6.42. The van der Waals surface area contributed by atoms with Gasteiger partial charge in [0, 0.05) is 24.6 Å². The third-order valence-corrected chi connectivity index (χ3v) is 4.94. The number of hydrogen-bond donors (Lipinski definition) is 1. The predicted octanol–water partition coefficient (Wildman–Crippen LogP) is 4.16. The fourth-order valence-corrected chi connectivity index (χ4v) is 3.16. The summed E-state index contributed by atoms with van der Waals surface area (Å²) in [5, 5.41) is 3.73. The molecule has 0 heterocycles. The molecule has 3 unspecified atom stereocenters. The SMILES string of the molecule is CCOC1CC(NCc2ccc(F)c(Cl)c2)C1(C)CC. The van der Waals surface area contributed by atoms with E-state index in [-0.39, 0.29) is 16.3 Å². The van der Waals surface area contributed by atoms with E-state index in [4.69, 9.17) is 16.3 Å². The molecule has 1 N–H and O–H groups in total. The highest BCUT2D eigenvalue weighted by Crippen LogP contribution is 2.45. The Bertz CT molecular complexity index is 468. The zero-order valence-corrected chi connectivity index (χ0v) is 13.1. The second-order valence-corrected chi connectivity index (χ2v) is 6.13. The summed E-state index contributed by atoms with van der Waals surface area (Å²) in [5.41, 5.74) is 1.19. The molecule has 3 atom stereocenters. The number of nitrogens with one attached hydrogen (secondary N) is 1. The molecule has 1 saturated carbocycles. The van der Waals surface area contributed by atoms with Gasteiger partial charge >= 0.3 is 0 Å². The number of ether oxygens (including phenoxy) is 1. The van der Waals surface area contributed by atoms with Crippen molar-refractivity contribution in [3.05, 3.63) is 34.6 Å². The van der Waals surface area contributed by atoms with Gasteiger partial charge in [-0.15, -0.1) is 0 Å². The van der Waals surface area contributed by atoms with E-state index in [0.717, 1.165) is 25.0 Å². The summed E-state index contributed by atoms with van der Waals surface area (Å²) in [6.45, 7) is 7.98. The normalized spacial score (nSPS) is 29.2. The first kappa shape index (κ1) is 15.7. The number of rotatable bonds is 6.